The highest BCUT2D eigenvalue weighted by Gasteiger charge is 2.53. The van der Waals surface area contributed by atoms with Gasteiger partial charge in [-0.05, 0) is 54.5 Å². The average molecular weight is 320 g/mol. The number of carbonyl (C=O) groups is 2. The smallest absolute Gasteiger partial charge is 0.323 e. The zero-order chi connectivity index (χ0) is 17.2. The van der Waals surface area contributed by atoms with E-state index in [-0.39, 0.29) is 6.61 Å². The van der Waals surface area contributed by atoms with Crippen LogP contribution in [0.1, 0.15) is 34.2 Å². The maximum Gasteiger partial charge on any atom is 0.323 e. The third-order valence-corrected chi connectivity index (χ3v) is 4.88. The van der Waals surface area contributed by atoms with Crippen LogP contribution in [0.25, 0.3) is 0 Å². The van der Waals surface area contributed by atoms with Crippen molar-refractivity contribution in [3.63, 3.8) is 0 Å². The lowest BCUT2D eigenvalue weighted by molar-refractivity contribution is -0.168. The lowest BCUT2D eigenvalue weighted by atomic mass is 9.84. The van der Waals surface area contributed by atoms with E-state index in [1.807, 2.05) is 13.8 Å². The fourth-order valence-electron chi connectivity index (χ4n) is 3.56. The van der Waals surface area contributed by atoms with Crippen LogP contribution < -0.4 is 0 Å². The second kappa shape index (κ2) is 6.71. The molecule has 5 heteroatoms. The minimum atomic E-state index is -1.28. The summed E-state index contributed by atoms with van der Waals surface area (Å²) in [7, 11) is 2.59. The predicted molar refractivity (Wildman–Crippen MR) is 85.2 cm³/mol. The number of hydrogen-bond acceptors (Lipinski definition) is 5. The maximum absolute atomic E-state index is 12.3. The normalized spacial score (nSPS) is 15.2. The molecular formula is C18H24O5. The van der Waals surface area contributed by atoms with Crippen molar-refractivity contribution in [2.24, 2.45) is 5.41 Å². The fraction of sp³-hybridized carbons (Fsp3) is 0.556. The van der Waals surface area contributed by atoms with E-state index in [0.717, 1.165) is 34.2 Å². The zero-order valence-corrected chi connectivity index (χ0v) is 14.2. The summed E-state index contributed by atoms with van der Waals surface area (Å²) in [6, 6.07) is 2.09. The number of benzene rings is 1. The van der Waals surface area contributed by atoms with E-state index in [0.29, 0.717) is 19.3 Å². The van der Waals surface area contributed by atoms with Gasteiger partial charge in [-0.1, -0.05) is 6.07 Å². The molecule has 2 rings (SSSR count). The molecule has 1 aliphatic rings. The molecule has 1 N–H and O–H groups in total. The number of rotatable bonds is 5. The van der Waals surface area contributed by atoms with Gasteiger partial charge in [0, 0.05) is 19.4 Å². The number of hydrogen-bond donors (Lipinski definition) is 1. The molecule has 0 aromatic heterocycles. The van der Waals surface area contributed by atoms with Gasteiger partial charge in [-0.2, -0.15) is 0 Å². The number of aliphatic hydroxyl groups excluding tert-OH is 1. The van der Waals surface area contributed by atoms with Crippen molar-refractivity contribution in [1.82, 2.24) is 0 Å². The summed E-state index contributed by atoms with van der Waals surface area (Å²) >= 11 is 0. The second-order valence-electron chi connectivity index (χ2n) is 6.18. The summed E-state index contributed by atoms with van der Waals surface area (Å²) in [5.74, 6) is -1.09. The molecule has 0 saturated heterocycles. The van der Waals surface area contributed by atoms with Gasteiger partial charge in [0.25, 0.3) is 0 Å². The molecule has 1 aliphatic carbocycles. The Labute approximate surface area is 136 Å². The van der Waals surface area contributed by atoms with E-state index in [2.05, 4.69) is 6.07 Å². The first-order valence-electron chi connectivity index (χ1n) is 7.79. The Morgan fingerprint density at radius 1 is 1.13 bits per heavy atom. The molecule has 1 aromatic carbocycles. The Kier molecular flexibility index (Phi) is 5.09. The first kappa shape index (κ1) is 17.5. The number of aliphatic hydroxyl groups is 1. The summed E-state index contributed by atoms with van der Waals surface area (Å²) in [6.45, 7) is 4.14. The third kappa shape index (κ3) is 2.85. The van der Waals surface area contributed by atoms with Crippen LogP contribution in [0.5, 0.6) is 0 Å². The molecule has 1 aromatic rings. The summed E-state index contributed by atoms with van der Waals surface area (Å²) < 4.78 is 9.79. The van der Waals surface area contributed by atoms with E-state index in [9.17, 15) is 9.59 Å². The summed E-state index contributed by atoms with van der Waals surface area (Å²) in [4.78, 5) is 24.7. The number of ether oxygens (including phenoxy) is 2. The van der Waals surface area contributed by atoms with Gasteiger partial charge in [-0.3, -0.25) is 9.59 Å². The van der Waals surface area contributed by atoms with Crippen molar-refractivity contribution >= 4 is 11.9 Å². The highest BCUT2D eigenvalue weighted by Crippen LogP contribution is 2.43. The standard InChI is InChI=1S/C18H24O5/c1-11-8-13(6-5-7-19)12(2)15-10-18(9-14(11)15,16(20)22-3)17(21)23-4/h8,19H,5-7,9-10H2,1-4H3. The molecule has 0 fully saturated rings. The third-order valence-electron chi connectivity index (χ3n) is 4.88. The van der Waals surface area contributed by atoms with Gasteiger partial charge in [0.2, 0.25) is 0 Å². The molecule has 0 aliphatic heterocycles. The van der Waals surface area contributed by atoms with Crippen molar-refractivity contribution in [3.8, 4) is 0 Å². The Morgan fingerprint density at radius 2 is 1.70 bits per heavy atom. The quantitative estimate of drug-likeness (QED) is 0.660. The zero-order valence-electron chi connectivity index (χ0n) is 14.2. The van der Waals surface area contributed by atoms with E-state index in [1.165, 1.54) is 14.2 Å². The molecule has 0 saturated carbocycles. The van der Waals surface area contributed by atoms with Crippen molar-refractivity contribution in [2.75, 3.05) is 20.8 Å². The van der Waals surface area contributed by atoms with E-state index in [4.69, 9.17) is 14.6 Å². The van der Waals surface area contributed by atoms with Crippen molar-refractivity contribution in [2.45, 2.75) is 39.5 Å². The monoisotopic (exact) mass is 320 g/mol. The fourth-order valence-corrected chi connectivity index (χ4v) is 3.56. The molecule has 126 valence electrons. The number of methoxy groups -OCH3 is 2. The molecule has 0 bridgehead atoms. The topological polar surface area (TPSA) is 72.8 Å². The number of carbonyl (C=O) groups excluding carboxylic acids is 2. The SMILES string of the molecule is COC(=O)C1(C(=O)OC)Cc2c(C)cc(CCCO)c(C)c2C1. The summed E-state index contributed by atoms with van der Waals surface area (Å²) in [5, 5.41) is 9.05. The van der Waals surface area contributed by atoms with Crippen molar-refractivity contribution in [3.05, 3.63) is 33.9 Å². The molecule has 0 amide bonds. The Bertz CT molecular complexity index is 617. The molecule has 5 nitrogen and oxygen atoms in total. The van der Waals surface area contributed by atoms with Gasteiger partial charge < -0.3 is 14.6 Å². The van der Waals surface area contributed by atoms with Crippen LogP contribution in [0.2, 0.25) is 0 Å². The minimum absolute atomic E-state index is 0.143. The number of fused-ring (bicyclic) bond motifs is 1. The molecule has 0 atom stereocenters. The van der Waals surface area contributed by atoms with Gasteiger partial charge in [0.05, 0.1) is 14.2 Å². The molecular weight excluding hydrogens is 296 g/mol. The van der Waals surface area contributed by atoms with Gasteiger partial charge in [-0.25, -0.2) is 0 Å². The van der Waals surface area contributed by atoms with Gasteiger partial charge in [-0.15, -0.1) is 0 Å². The second-order valence-corrected chi connectivity index (χ2v) is 6.18. The van der Waals surface area contributed by atoms with Crippen LogP contribution >= 0.6 is 0 Å². The first-order valence-corrected chi connectivity index (χ1v) is 7.79. The largest absolute Gasteiger partial charge is 0.468 e. The van der Waals surface area contributed by atoms with Crippen LogP contribution in [0.3, 0.4) is 0 Å². The highest BCUT2D eigenvalue weighted by atomic mass is 16.5. The number of aryl methyl sites for hydroxylation is 2. The van der Waals surface area contributed by atoms with Gasteiger partial charge in [0.1, 0.15) is 0 Å². The molecule has 0 heterocycles. The van der Waals surface area contributed by atoms with Gasteiger partial charge in [0.15, 0.2) is 5.41 Å². The van der Waals surface area contributed by atoms with Crippen LogP contribution in [0, 0.1) is 19.3 Å². The molecule has 0 spiro atoms. The average Bonchev–Trinajstić information content (AvgIpc) is 2.98. The highest BCUT2D eigenvalue weighted by molar-refractivity contribution is 6.01. The van der Waals surface area contributed by atoms with Crippen LogP contribution in [0.4, 0.5) is 0 Å². The Hall–Kier alpha value is -1.88. The van der Waals surface area contributed by atoms with Crippen LogP contribution in [-0.2, 0) is 38.3 Å². The minimum Gasteiger partial charge on any atom is -0.468 e. The van der Waals surface area contributed by atoms with Crippen LogP contribution in [0.15, 0.2) is 6.07 Å². The number of esters is 2. The van der Waals surface area contributed by atoms with Crippen molar-refractivity contribution in [1.29, 1.82) is 0 Å². The van der Waals surface area contributed by atoms with E-state index >= 15 is 0 Å². The van der Waals surface area contributed by atoms with E-state index < -0.39 is 17.4 Å². The first-order chi connectivity index (χ1) is 10.9. The predicted octanol–water partition coefficient (Wildman–Crippen LogP) is 1.66. The van der Waals surface area contributed by atoms with Gasteiger partial charge >= 0.3 is 11.9 Å². The summed E-state index contributed by atoms with van der Waals surface area (Å²) in [6.07, 6.45) is 2.09. The van der Waals surface area contributed by atoms with Crippen molar-refractivity contribution < 1.29 is 24.2 Å². The van der Waals surface area contributed by atoms with Crippen LogP contribution in [-0.4, -0.2) is 37.9 Å². The lowest BCUT2D eigenvalue weighted by Crippen LogP contribution is -2.42. The molecule has 23 heavy (non-hydrogen) atoms. The Morgan fingerprint density at radius 3 is 2.22 bits per heavy atom. The summed E-state index contributed by atoms with van der Waals surface area (Å²) in [5.41, 5.74) is 4.10. The maximum atomic E-state index is 12.3. The van der Waals surface area contributed by atoms with E-state index in [1.54, 1.807) is 0 Å². The molecule has 0 radical (unpaired) electrons. The Balaban J connectivity index is 2.50. The molecule has 0 unspecified atom stereocenters. The lowest BCUT2D eigenvalue weighted by Gasteiger charge is -2.22.